The first-order chi connectivity index (χ1) is 5.20. The molecule has 4 heteroatoms. The molecule has 62 valence electrons. The van der Waals surface area contributed by atoms with E-state index in [1.165, 1.54) is 0 Å². The average Bonchev–Trinajstić information content (AvgIpc) is 2.05. The predicted octanol–water partition coefficient (Wildman–Crippen LogP) is 1.37. The third kappa shape index (κ3) is 2.10. The van der Waals surface area contributed by atoms with E-state index in [9.17, 15) is 0 Å². The van der Waals surface area contributed by atoms with E-state index in [0.29, 0.717) is 0 Å². The highest BCUT2D eigenvalue weighted by Gasteiger charge is 2.24. The maximum atomic E-state index is 5.18. The van der Waals surface area contributed by atoms with Crippen molar-refractivity contribution in [1.29, 1.82) is 0 Å². The first kappa shape index (κ1) is 8.86. The van der Waals surface area contributed by atoms with Gasteiger partial charge in [-0.3, -0.25) is 0 Å². The Kier molecular flexibility index (Phi) is 2.78. The molecule has 11 heavy (non-hydrogen) atoms. The summed E-state index contributed by atoms with van der Waals surface area (Å²) in [4.78, 5) is 0. The highest BCUT2D eigenvalue weighted by Crippen LogP contribution is 2.23. The molecule has 1 aliphatic heterocycles. The molecule has 0 amide bonds. The first-order valence-corrected chi connectivity index (χ1v) is 4.23. The van der Waals surface area contributed by atoms with E-state index in [2.05, 4.69) is 27.9 Å². The smallest absolute Gasteiger partial charge is 0.213 e. The van der Waals surface area contributed by atoms with Crippen LogP contribution >= 0.6 is 22.6 Å². The molecule has 0 aromatic heterocycles. The number of methoxy groups -OCH3 is 2. The summed E-state index contributed by atoms with van der Waals surface area (Å²) < 4.78 is 9.76. The monoisotopic (exact) mass is 267 g/mol. The molecule has 0 saturated heterocycles. The Balaban J connectivity index is 2.75. The van der Waals surface area contributed by atoms with Gasteiger partial charge in [0.2, 0.25) is 3.73 Å². The van der Waals surface area contributed by atoms with Crippen LogP contribution in [0.3, 0.4) is 0 Å². The zero-order valence-corrected chi connectivity index (χ0v) is 8.58. The fourth-order valence-corrected chi connectivity index (χ4v) is 1.24. The highest BCUT2D eigenvalue weighted by molar-refractivity contribution is 14.1. The molecule has 1 rings (SSSR count). The number of allylic oxidation sites excluding steroid dienone is 1. The summed E-state index contributed by atoms with van der Waals surface area (Å²) in [7, 11) is 3.27. The third-order valence-electron chi connectivity index (χ3n) is 1.39. The van der Waals surface area contributed by atoms with E-state index in [-0.39, 0.29) is 0 Å². The number of rotatable bonds is 2. The van der Waals surface area contributed by atoms with Crippen molar-refractivity contribution in [3.8, 4) is 0 Å². The molecule has 1 atom stereocenters. The molecule has 0 saturated carbocycles. The maximum absolute atomic E-state index is 5.18. The lowest BCUT2D eigenvalue weighted by atomic mass is 10.3. The van der Waals surface area contributed by atoms with Gasteiger partial charge in [-0.05, 0) is 28.7 Å². The lowest BCUT2D eigenvalue weighted by molar-refractivity contribution is 0.103. The normalized spacial score (nSPS) is 29.2. The van der Waals surface area contributed by atoms with Crippen LogP contribution in [0.2, 0.25) is 0 Å². The quantitative estimate of drug-likeness (QED) is 0.465. The second-order valence-corrected chi connectivity index (χ2v) is 3.68. The van der Waals surface area contributed by atoms with Crippen LogP contribution in [0.4, 0.5) is 0 Å². The fraction of sp³-hybridized carbons (Fsp3) is 0.429. The largest absolute Gasteiger partial charge is 0.497 e. The lowest BCUT2D eigenvalue weighted by Crippen LogP contribution is -2.37. The summed E-state index contributed by atoms with van der Waals surface area (Å²) in [6.07, 6.45) is 5.51. The Bertz CT molecular complexity index is 203. The summed E-state index contributed by atoms with van der Waals surface area (Å²) in [6.45, 7) is 0. The number of dihydropyridines is 1. The van der Waals surface area contributed by atoms with Crippen LogP contribution in [0.1, 0.15) is 0 Å². The van der Waals surface area contributed by atoms with E-state index < -0.39 is 3.73 Å². The molecule has 0 aromatic rings. The van der Waals surface area contributed by atoms with E-state index in [1.807, 2.05) is 12.2 Å². The van der Waals surface area contributed by atoms with Crippen LogP contribution in [-0.2, 0) is 9.47 Å². The van der Waals surface area contributed by atoms with Crippen LogP contribution in [0, 0.1) is 0 Å². The summed E-state index contributed by atoms with van der Waals surface area (Å²) in [5.74, 6) is 0.806. The number of halogens is 1. The van der Waals surface area contributed by atoms with Crippen molar-refractivity contribution in [3.63, 3.8) is 0 Å². The zero-order chi connectivity index (χ0) is 8.32. The second-order valence-electron chi connectivity index (χ2n) is 2.08. The molecule has 0 aliphatic carbocycles. The molecule has 1 heterocycles. The number of hydrogen-bond donors (Lipinski definition) is 1. The van der Waals surface area contributed by atoms with Gasteiger partial charge in [-0.2, -0.15) is 0 Å². The van der Waals surface area contributed by atoms with Gasteiger partial charge in [0.05, 0.1) is 7.11 Å². The minimum Gasteiger partial charge on any atom is -0.497 e. The molecular formula is C7H10INO2. The van der Waals surface area contributed by atoms with E-state index in [4.69, 9.17) is 9.47 Å². The van der Waals surface area contributed by atoms with Crippen LogP contribution in [0.15, 0.2) is 24.1 Å². The minimum atomic E-state index is -0.460. The molecule has 1 unspecified atom stereocenters. The van der Waals surface area contributed by atoms with Gasteiger partial charge in [0.25, 0.3) is 0 Å². The summed E-state index contributed by atoms with van der Waals surface area (Å²) >= 11 is 2.15. The molecule has 1 N–H and O–H groups in total. The predicted molar refractivity (Wildman–Crippen MR) is 51.1 cm³/mol. The SMILES string of the molecule is COC1=CC(I)(OC)NC=C1. The maximum Gasteiger partial charge on any atom is 0.213 e. The zero-order valence-electron chi connectivity index (χ0n) is 6.43. The van der Waals surface area contributed by atoms with Crippen molar-refractivity contribution in [2.75, 3.05) is 14.2 Å². The summed E-state index contributed by atoms with van der Waals surface area (Å²) in [5, 5.41) is 3.04. The Hall–Kier alpha value is -0.230. The Morgan fingerprint density at radius 3 is 2.82 bits per heavy atom. The highest BCUT2D eigenvalue weighted by atomic mass is 127. The summed E-state index contributed by atoms with van der Waals surface area (Å²) in [5.41, 5.74) is 0. The van der Waals surface area contributed by atoms with Gasteiger partial charge < -0.3 is 14.8 Å². The fourth-order valence-electron chi connectivity index (χ4n) is 0.755. The van der Waals surface area contributed by atoms with Gasteiger partial charge >= 0.3 is 0 Å². The lowest BCUT2D eigenvalue weighted by Gasteiger charge is -2.25. The molecule has 0 fully saturated rings. The van der Waals surface area contributed by atoms with Crippen LogP contribution in [0.25, 0.3) is 0 Å². The van der Waals surface area contributed by atoms with Gasteiger partial charge in [-0.15, -0.1) is 0 Å². The molecule has 0 radical (unpaired) electrons. The average molecular weight is 267 g/mol. The summed E-state index contributed by atoms with van der Waals surface area (Å²) in [6, 6.07) is 0. The standard InChI is InChI=1S/C7H10INO2/c1-10-6-3-4-9-7(8,5-6)11-2/h3-5,9H,1-2H3. The molecular weight excluding hydrogens is 257 g/mol. The van der Waals surface area contributed by atoms with Gasteiger partial charge in [-0.25, -0.2) is 0 Å². The van der Waals surface area contributed by atoms with Crippen LogP contribution < -0.4 is 5.32 Å². The third-order valence-corrected chi connectivity index (χ3v) is 2.45. The van der Waals surface area contributed by atoms with Gasteiger partial charge in [0.15, 0.2) is 0 Å². The van der Waals surface area contributed by atoms with E-state index in [0.717, 1.165) is 5.76 Å². The molecule has 1 aliphatic rings. The van der Waals surface area contributed by atoms with Gasteiger partial charge in [-0.1, -0.05) is 0 Å². The van der Waals surface area contributed by atoms with Crippen molar-refractivity contribution in [2.24, 2.45) is 0 Å². The van der Waals surface area contributed by atoms with Crippen molar-refractivity contribution in [2.45, 2.75) is 3.73 Å². The molecule has 0 spiro atoms. The van der Waals surface area contributed by atoms with Crippen LogP contribution in [-0.4, -0.2) is 18.0 Å². The van der Waals surface area contributed by atoms with Gasteiger partial charge in [0, 0.05) is 19.4 Å². The van der Waals surface area contributed by atoms with Crippen molar-refractivity contribution >= 4 is 22.6 Å². The Morgan fingerprint density at radius 1 is 1.55 bits per heavy atom. The van der Waals surface area contributed by atoms with E-state index in [1.54, 1.807) is 20.4 Å². The Labute approximate surface area is 79.6 Å². The van der Waals surface area contributed by atoms with Crippen LogP contribution in [0.5, 0.6) is 0 Å². The molecule has 3 nitrogen and oxygen atoms in total. The number of hydrogen-bond acceptors (Lipinski definition) is 3. The first-order valence-electron chi connectivity index (χ1n) is 3.15. The number of alkyl halides is 1. The number of ether oxygens (including phenoxy) is 2. The minimum absolute atomic E-state index is 0.460. The Morgan fingerprint density at radius 2 is 2.27 bits per heavy atom. The van der Waals surface area contributed by atoms with Crippen molar-refractivity contribution in [3.05, 3.63) is 24.1 Å². The second kappa shape index (κ2) is 3.44. The number of nitrogens with one attached hydrogen (secondary N) is 1. The van der Waals surface area contributed by atoms with Gasteiger partial charge in [0.1, 0.15) is 5.76 Å². The molecule has 0 bridgehead atoms. The van der Waals surface area contributed by atoms with Crippen molar-refractivity contribution in [1.82, 2.24) is 5.32 Å². The van der Waals surface area contributed by atoms with Crippen molar-refractivity contribution < 1.29 is 9.47 Å². The topological polar surface area (TPSA) is 30.5 Å². The molecule has 0 aromatic carbocycles. The van der Waals surface area contributed by atoms with E-state index >= 15 is 0 Å².